The molecule has 1 rings (SSSR count). The minimum atomic E-state index is -1.33. The van der Waals surface area contributed by atoms with Crippen molar-refractivity contribution in [1.82, 2.24) is 0 Å². The normalized spacial score (nSPS) is 30.4. The molecule has 0 saturated heterocycles. The van der Waals surface area contributed by atoms with E-state index in [0.717, 1.165) is 5.57 Å². The van der Waals surface area contributed by atoms with Crippen LogP contribution >= 0.6 is 0 Å². The van der Waals surface area contributed by atoms with Gasteiger partial charge in [-0.2, -0.15) is 0 Å². The Morgan fingerprint density at radius 1 is 1.91 bits per heavy atom. The quantitative estimate of drug-likeness (QED) is 0.499. The van der Waals surface area contributed by atoms with Crippen LogP contribution in [0.2, 0.25) is 0 Å². The molecule has 0 aromatic carbocycles. The van der Waals surface area contributed by atoms with Gasteiger partial charge in [0, 0.05) is 12.5 Å². The SMILES string of the molecule is C=CC1=C[C@@](O)([NH2+]C)C(=O)C1. The number of Topliss-reactive ketones (excluding diaryl/α,β-unsaturated/α-hetero) is 1. The first-order chi connectivity index (χ1) is 5.12. The smallest absolute Gasteiger partial charge is 0.278 e. The molecule has 0 aromatic rings. The fourth-order valence-electron chi connectivity index (χ4n) is 1.12. The zero-order valence-corrected chi connectivity index (χ0v) is 6.50. The van der Waals surface area contributed by atoms with Crippen LogP contribution in [0.3, 0.4) is 0 Å². The van der Waals surface area contributed by atoms with Gasteiger partial charge in [-0.3, -0.25) is 4.79 Å². The van der Waals surface area contributed by atoms with Crippen LogP contribution in [0, 0.1) is 0 Å². The third-order valence-corrected chi connectivity index (χ3v) is 1.92. The molecule has 0 aromatic heterocycles. The summed E-state index contributed by atoms with van der Waals surface area (Å²) in [6.07, 6.45) is 3.44. The molecule has 0 radical (unpaired) electrons. The zero-order valence-electron chi connectivity index (χ0n) is 6.50. The van der Waals surface area contributed by atoms with Crippen molar-refractivity contribution in [2.24, 2.45) is 0 Å². The van der Waals surface area contributed by atoms with E-state index in [1.165, 1.54) is 5.32 Å². The number of quaternary nitrogens is 1. The monoisotopic (exact) mass is 154 g/mol. The van der Waals surface area contributed by atoms with Crippen molar-refractivity contribution in [3.05, 3.63) is 24.3 Å². The van der Waals surface area contributed by atoms with Gasteiger partial charge in [-0.1, -0.05) is 12.7 Å². The second kappa shape index (κ2) is 2.60. The van der Waals surface area contributed by atoms with Crippen LogP contribution in [0.1, 0.15) is 6.42 Å². The number of ketones is 1. The number of allylic oxidation sites excluding steroid dienone is 2. The van der Waals surface area contributed by atoms with Gasteiger partial charge in [0.2, 0.25) is 5.78 Å². The average molecular weight is 154 g/mol. The molecule has 3 nitrogen and oxygen atoms in total. The molecular formula is C8H12NO2+. The van der Waals surface area contributed by atoms with Crippen molar-refractivity contribution >= 4 is 5.78 Å². The number of carbonyl (C=O) groups is 1. The number of carbonyl (C=O) groups excluding carboxylic acids is 1. The molecule has 11 heavy (non-hydrogen) atoms. The highest BCUT2D eigenvalue weighted by atomic mass is 16.3. The first-order valence-corrected chi connectivity index (χ1v) is 3.53. The van der Waals surface area contributed by atoms with E-state index in [2.05, 4.69) is 6.58 Å². The minimum Gasteiger partial charge on any atom is -0.333 e. The third kappa shape index (κ3) is 1.25. The molecule has 1 aliphatic rings. The van der Waals surface area contributed by atoms with Gasteiger partial charge in [-0.25, -0.2) is 0 Å². The molecule has 0 spiro atoms. The molecule has 0 bridgehead atoms. The molecule has 0 fully saturated rings. The lowest BCUT2D eigenvalue weighted by molar-refractivity contribution is -0.714. The lowest BCUT2D eigenvalue weighted by Crippen LogP contribution is -2.95. The van der Waals surface area contributed by atoms with Crippen LogP contribution in [0.4, 0.5) is 0 Å². The maximum absolute atomic E-state index is 11.1. The van der Waals surface area contributed by atoms with Gasteiger partial charge < -0.3 is 10.4 Å². The first-order valence-electron chi connectivity index (χ1n) is 3.53. The summed E-state index contributed by atoms with van der Waals surface area (Å²) in [6, 6.07) is 0. The molecule has 0 amide bonds. The number of rotatable bonds is 2. The number of hydrogen-bond acceptors (Lipinski definition) is 2. The maximum Gasteiger partial charge on any atom is 0.278 e. The zero-order chi connectivity index (χ0) is 8.48. The van der Waals surface area contributed by atoms with E-state index < -0.39 is 5.72 Å². The van der Waals surface area contributed by atoms with Crippen LogP contribution < -0.4 is 5.32 Å². The molecular weight excluding hydrogens is 142 g/mol. The van der Waals surface area contributed by atoms with Gasteiger partial charge in [0.15, 0.2) is 0 Å². The predicted octanol–water partition coefficient (Wildman–Crippen LogP) is -1.05. The minimum absolute atomic E-state index is 0.171. The van der Waals surface area contributed by atoms with E-state index in [0.29, 0.717) is 6.42 Å². The molecule has 0 heterocycles. The predicted molar refractivity (Wildman–Crippen MR) is 40.7 cm³/mol. The molecule has 0 unspecified atom stereocenters. The topological polar surface area (TPSA) is 53.9 Å². The number of aliphatic hydroxyl groups is 1. The van der Waals surface area contributed by atoms with Gasteiger partial charge in [-0.05, 0) is 5.57 Å². The van der Waals surface area contributed by atoms with Crippen molar-refractivity contribution in [3.8, 4) is 0 Å². The van der Waals surface area contributed by atoms with Crippen molar-refractivity contribution in [3.63, 3.8) is 0 Å². The fraction of sp³-hybridized carbons (Fsp3) is 0.375. The highest BCUT2D eigenvalue weighted by Gasteiger charge is 2.41. The largest absolute Gasteiger partial charge is 0.333 e. The second-order valence-electron chi connectivity index (χ2n) is 2.64. The fourth-order valence-corrected chi connectivity index (χ4v) is 1.12. The number of nitrogens with two attached hydrogens (primary N) is 1. The van der Waals surface area contributed by atoms with Gasteiger partial charge >= 0.3 is 0 Å². The van der Waals surface area contributed by atoms with Gasteiger partial charge in [0.25, 0.3) is 5.72 Å². The molecule has 60 valence electrons. The maximum atomic E-state index is 11.1. The summed E-state index contributed by atoms with van der Waals surface area (Å²) in [6.45, 7) is 3.53. The summed E-state index contributed by atoms with van der Waals surface area (Å²) in [7, 11) is 1.67. The van der Waals surface area contributed by atoms with E-state index in [-0.39, 0.29) is 5.78 Å². The Bertz CT molecular complexity index is 232. The van der Waals surface area contributed by atoms with Crippen LogP contribution in [0.5, 0.6) is 0 Å². The van der Waals surface area contributed by atoms with Gasteiger partial charge in [-0.15, -0.1) is 0 Å². The summed E-state index contributed by atoms with van der Waals surface area (Å²) < 4.78 is 0. The standard InChI is InChI=1S/C8H11NO2/c1-3-6-4-7(10)8(11,5-6)9-2/h3,5,9,11H,1,4H2,2H3/p+1/t8-/m0/s1. The van der Waals surface area contributed by atoms with Crippen molar-refractivity contribution < 1.29 is 15.2 Å². The van der Waals surface area contributed by atoms with Gasteiger partial charge in [0.05, 0.1) is 7.05 Å². The van der Waals surface area contributed by atoms with Crippen LogP contribution in [0.15, 0.2) is 24.3 Å². The molecule has 0 aliphatic heterocycles. The summed E-state index contributed by atoms with van der Waals surface area (Å²) in [4.78, 5) is 11.1. The van der Waals surface area contributed by atoms with E-state index in [4.69, 9.17) is 0 Å². The molecule has 0 saturated carbocycles. The Morgan fingerprint density at radius 3 is 2.82 bits per heavy atom. The van der Waals surface area contributed by atoms with Crippen molar-refractivity contribution in [2.45, 2.75) is 12.1 Å². The van der Waals surface area contributed by atoms with Crippen molar-refractivity contribution in [2.75, 3.05) is 7.05 Å². The van der Waals surface area contributed by atoms with Crippen molar-refractivity contribution in [1.29, 1.82) is 0 Å². The van der Waals surface area contributed by atoms with E-state index in [9.17, 15) is 9.90 Å². The summed E-state index contributed by atoms with van der Waals surface area (Å²) in [5, 5.41) is 11.0. The summed E-state index contributed by atoms with van der Waals surface area (Å²) in [5.41, 5.74) is -0.528. The van der Waals surface area contributed by atoms with Crippen LogP contribution in [0.25, 0.3) is 0 Å². The Hall–Kier alpha value is -0.930. The average Bonchev–Trinajstić information content (AvgIpc) is 2.29. The lowest BCUT2D eigenvalue weighted by Gasteiger charge is -2.12. The Balaban J connectivity index is 2.91. The summed E-state index contributed by atoms with van der Waals surface area (Å²) in [5.74, 6) is -0.171. The molecule has 3 heteroatoms. The number of likely N-dealkylation sites (N-methyl/N-ethyl adjacent to an activating group) is 1. The lowest BCUT2D eigenvalue weighted by atomic mass is 10.2. The van der Waals surface area contributed by atoms with E-state index in [1.807, 2.05) is 0 Å². The van der Waals surface area contributed by atoms with E-state index >= 15 is 0 Å². The molecule has 3 N–H and O–H groups in total. The highest BCUT2D eigenvalue weighted by molar-refractivity contribution is 5.92. The Kier molecular flexibility index (Phi) is 1.93. The number of hydrogen-bond donors (Lipinski definition) is 2. The molecule has 1 aliphatic carbocycles. The van der Waals surface area contributed by atoms with Gasteiger partial charge in [0.1, 0.15) is 0 Å². The first kappa shape index (κ1) is 8.17. The van der Waals surface area contributed by atoms with E-state index in [1.54, 1.807) is 19.2 Å². The highest BCUT2D eigenvalue weighted by Crippen LogP contribution is 2.19. The Morgan fingerprint density at radius 2 is 2.55 bits per heavy atom. The molecule has 1 atom stereocenters. The summed E-state index contributed by atoms with van der Waals surface area (Å²) >= 11 is 0. The second-order valence-corrected chi connectivity index (χ2v) is 2.64. The third-order valence-electron chi connectivity index (χ3n) is 1.92. The van der Waals surface area contributed by atoms with Crippen LogP contribution in [-0.4, -0.2) is 23.7 Å². The van der Waals surface area contributed by atoms with Crippen LogP contribution in [-0.2, 0) is 4.79 Å². The Labute approximate surface area is 65.4 Å².